The van der Waals surface area contributed by atoms with E-state index in [4.69, 9.17) is 35.4 Å². The van der Waals surface area contributed by atoms with E-state index in [2.05, 4.69) is 14.5 Å². The molecule has 1 aromatic carbocycles. The van der Waals surface area contributed by atoms with Gasteiger partial charge in [0.25, 0.3) is 0 Å². The van der Waals surface area contributed by atoms with Gasteiger partial charge in [-0.05, 0) is 50.3 Å². The molecule has 0 saturated carbocycles. The van der Waals surface area contributed by atoms with Crippen LogP contribution in [0.15, 0.2) is 12.1 Å². The Morgan fingerprint density at radius 1 is 1.11 bits per heavy atom. The number of aromatic amines is 1. The molecule has 0 unspecified atom stereocenters. The van der Waals surface area contributed by atoms with Gasteiger partial charge in [-0.25, -0.2) is 0 Å². The number of hydrogen-bond donors (Lipinski definition) is 1. The van der Waals surface area contributed by atoms with Crippen LogP contribution in [0.2, 0.25) is 10.0 Å². The third kappa shape index (κ3) is 2.68. The van der Waals surface area contributed by atoms with E-state index in [1.165, 1.54) is 25.9 Å². The minimum Gasteiger partial charge on any atom is -0.331 e. The Morgan fingerprint density at radius 3 is 2.53 bits per heavy atom. The predicted molar refractivity (Wildman–Crippen MR) is 82.8 cm³/mol. The van der Waals surface area contributed by atoms with E-state index in [-0.39, 0.29) is 0 Å². The second kappa shape index (κ2) is 5.44. The van der Waals surface area contributed by atoms with Crippen molar-refractivity contribution in [3.05, 3.63) is 26.9 Å². The number of H-pyrrole nitrogens is 1. The van der Waals surface area contributed by atoms with E-state index in [1.54, 1.807) is 0 Å². The normalized spacial score (nSPS) is 16.5. The molecular weight excluding hydrogens is 301 g/mol. The summed E-state index contributed by atoms with van der Waals surface area (Å²) < 4.78 is 2.83. The second-order valence-corrected chi connectivity index (χ2v) is 6.12. The smallest absolute Gasteiger partial charge is 0.178 e. The lowest BCUT2D eigenvalue weighted by atomic mass is 10.3. The Balaban J connectivity index is 1.91. The van der Waals surface area contributed by atoms with Crippen LogP contribution in [-0.2, 0) is 6.54 Å². The van der Waals surface area contributed by atoms with Crippen LogP contribution in [0, 0.1) is 4.77 Å². The van der Waals surface area contributed by atoms with E-state index in [0.29, 0.717) is 10.0 Å². The van der Waals surface area contributed by atoms with E-state index in [9.17, 15) is 0 Å². The van der Waals surface area contributed by atoms with Gasteiger partial charge in [0.2, 0.25) is 0 Å². The highest BCUT2D eigenvalue weighted by molar-refractivity contribution is 7.71. The summed E-state index contributed by atoms with van der Waals surface area (Å²) in [7, 11) is 0. The number of rotatable bonds is 3. The van der Waals surface area contributed by atoms with Gasteiger partial charge in [0.15, 0.2) is 4.77 Å². The first-order valence-electron chi connectivity index (χ1n) is 6.45. The first-order valence-corrected chi connectivity index (χ1v) is 7.61. The molecule has 3 rings (SSSR count). The molecule has 0 spiro atoms. The highest BCUT2D eigenvalue weighted by Crippen LogP contribution is 2.27. The maximum absolute atomic E-state index is 6.09. The number of nitrogens with zero attached hydrogens (tertiary/aromatic N) is 2. The van der Waals surface area contributed by atoms with Crippen LogP contribution < -0.4 is 0 Å². The molecule has 1 fully saturated rings. The Kier molecular flexibility index (Phi) is 3.85. The van der Waals surface area contributed by atoms with E-state index >= 15 is 0 Å². The average Bonchev–Trinajstić information content (AvgIpc) is 2.96. The van der Waals surface area contributed by atoms with Crippen LogP contribution in [0.5, 0.6) is 0 Å². The van der Waals surface area contributed by atoms with Crippen LogP contribution in [-0.4, -0.2) is 34.1 Å². The number of hydrogen-bond acceptors (Lipinski definition) is 2. The van der Waals surface area contributed by atoms with Crippen LogP contribution in [0.3, 0.4) is 0 Å². The molecule has 19 heavy (non-hydrogen) atoms. The Labute approximate surface area is 127 Å². The van der Waals surface area contributed by atoms with Gasteiger partial charge < -0.3 is 14.5 Å². The third-order valence-corrected chi connectivity index (χ3v) is 4.70. The zero-order chi connectivity index (χ0) is 13.4. The molecule has 1 aliphatic heterocycles. The quantitative estimate of drug-likeness (QED) is 0.862. The topological polar surface area (TPSA) is 24.0 Å². The monoisotopic (exact) mass is 315 g/mol. The summed E-state index contributed by atoms with van der Waals surface area (Å²) in [5.74, 6) is 0. The minimum absolute atomic E-state index is 0.553. The average molecular weight is 316 g/mol. The largest absolute Gasteiger partial charge is 0.331 e. The Hall–Kier alpha value is -0.550. The zero-order valence-corrected chi connectivity index (χ0v) is 12.8. The van der Waals surface area contributed by atoms with Gasteiger partial charge in [0.05, 0.1) is 21.1 Å². The molecule has 2 aromatic rings. The van der Waals surface area contributed by atoms with Crippen molar-refractivity contribution in [1.82, 2.24) is 14.5 Å². The lowest BCUT2D eigenvalue weighted by molar-refractivity contribution is 0.323. The van der Waals surface area contributed by atoms with Crippen molar-refractivity contribution >= 4 is 46.5 Å². The molecule has 0 atom stereocenters. The summed E-state index contributed by atoms with van der Waals surface area (Å²) in [6.45, 7) is 4.31. The van der Waals surface area contributed by atoms with Crippen LogP contribution in [0.1, 0.15) is 12.8 Å². The molecule has 0 aliphatic carbocycles. The van der Waals surface area contributed by atoms with Gasteiger partial charge in [-0.15, -0.1) is 0 Å². The fourth-order valence-corrected chi connectivity index (χ4v) is 3.24. The fraction of sp³-hybridized carbons (Fsp3) is 0.462. The van der Waals surface area contributed by atoms with Gasteiger partial charge in [0, 0.05) is 13.1 Å². The number of nitrogens with one attached hydrogen (secondary N) is 1. The first-order chi connectivity index (χ1) is 9.15. The zero-order valence-electron chi connectivity index (χ0n) is 10.5. The molecule has 102 valence electrons. The van der Waals surface area contributed by atoms with Gasteiger partial charge in [0.1, 0.15) is 0 Å². The highest BCUT2D eigenvalue weighted by Gasteiger charge is 2.13. The summed E-state index contributed by atoms with van der Waals surface area (Å²) in [6.07, 6.45) is 2.61. The Bertz CT molecular complexity index is 656. The van der Waals surface area contributed by atoms with Crippen molar-refractivity contribution in [2.24, 2.45) is 0 Å². The number of fused-ring (bicyclic) bond motifs is 1. The molecule has 1 N–H and O–H groups in total. The van der Waals surface area contributed by atoms with Crippen molar-refractivity contribution in [1.29, 1.82) is 0 Å². The van der Waals surface area contributed by atoms with Crippen LogP contribution in [0.25, 0.3) is 11.0 Å². The van der Waals surface area contributed by atoms with Gasteiger partial charge in [-0.3, -0.25) is 0 Å². The number of benzene rings is 1. The lowest BCUT2D eigenvalue weighted by Gasteiger charge is -2.15. The molecule has 0 radical (unpaired) electrons. The van der Waals surface area contributed by atoms with E-state index < -0.39 is 0 Å². The summed E-state index contributed by atoms with van der Waals surface area (Å²) in [6, 6.07) is 3.72. The Morgan fingerprint density at radius 2 is 1.79 bits per heavy atom. The molecular formula is C13H15Cl2N3S. The number of imidazole rings is 1. The molecule has 6 heteroatoms. The maximum Gasteiger partial charge on any atom is 0.178 e. The summed E-state index contributed by atoms with van der Waals surface area (Å²) in [5.41, 5.74) is 1.97. The van der Waals surface area contributed by atoms with Crippen molar-refractivity contribution in [3.63, 3.8) is 0 Å². The molecule has 3 nitrogen and oxygen atoms in total. The third-order valence-electron chi connectivity index (χ3n) is 3.65. The molecule has 1 aliphatic rings. The molecule has 0 bridgehead atoms. The molecule has 1 saturated heterocycles. The number of likely N-dealkylation sites (tertiary alicyclic amines) is 1. The predicted octanol–water partition coefficient (Wildman–Crippen LogP) is 4.10. The first kappa shape index (κ1) is 13.4. The lowest BCUT2D eigenvalue weighted by Crippen LogP contribution is -2.24. The van der Waals surface area contributed by atoms with Crippen LogP contribution in [0.4, 0.5) is 0 Å². The highest BCUT2D eigenvalue weighted by atomic mass is 35.5. The van der Waals surface area contributed by atoms with Crippen molar-refractivity contribution in [2.75, 3.05) is 19.6 Å². The minimum atomic E-state index is 0.553. The van der Waals surface area contributed by atoms with E-state index in [0.717, 1.165) is 28.9 Å². The van der Waals surface area contributed by atoms with Crippen LogP contribution >= 0.6 is 35.4 Å². The van der Waals surface area contributed by atoms with Gasteiger partial charge in [-0.1, -0.05) is 23.2 Å². The number of halogens is 2. The van der Waals surface area contributed by atoms with Gasteiger partial charge >= 0.3 is 0 Å². The maximum atomic E-state index is 6.09. The molecule has 2 heterocycles. The standard InChI is InChI=1S/C13H15Cl2N3S/c14-9-7-11-12(8-10(9)15)18(13(19)16-11)6-5-17-3-1-2-4-17/h7-8H,1-6H2,(H,16,19). The molecule has 1 aromatic heterocycles. The number of aromatic nitrogens is 2. The SMILES string of the molecule is S=c1[nH]c2cc(Cl)c(Cl)cc2n1CCN1CCCC1. The summed E-state index contributed by atoms with van der Waals surface area (Å²) in [4.78, 5) is 5.66. The summed E-state index contributed by atoms with van der Waals surface area (Å²) in [5, 5.41) is 1.12. The fourth-order valence-electron chi connectivity index (χ4n) is 2.62. The van der Waals surface area contributed by atoms with Crippen molar-refractivity contribution in [3.8, 4) is 0 Å². The molecule has 0 amide bonds. The van der Waals surface area contributed by atoms with E-state index in [1.807, 2.05) is 12.1 Å². The van der Waals surface area contributed by atoms with Gasteiger partial charge in [-0.2, -0.15) is 0 Å². The second-order valence-electron chi connectivity index (χ2n) is 4.91. The summed E-state index contributed by atoms with van der Waals surface area (Å²) >= 11 is 17.5. The van der Waals surface area contributed by atoms with Crippen molar-refractivity contribution < 1.29 is 0 Å². The van der Waals surface area contributed by atoms with Crippen molar-refractivity contribution in [2.45, 2.75) is 19.4 Å².